The molecule has 0 saturated carbocycles. The molecule has 10 heteroatoms. The Morgan fingerprint density at radius 3 is 2.71 bits per heavy atom. The number of aryl methyl sites for hydroxylation is 2. The Morgan fingerprint density at radius 2 is 2.07 bits per heavy atom. The topological polar surface area (TPSA) is 93.5 Å². The molecule has 0 bridgehead atoms. The molecule has 3 rings (SSSR count). The lowest BCUT2D eigenvalue weighted by molar-refractivity contribution is 0.0305. The Balaban J connectivity index is 1.89. The van der Waals surface area contributed by atoms with Gasteiger partial charge in [-0.05, 0) is 26.3 Å². The molecule has 1 aliphatic heterocycles. The fraction of sp³-hybridized carbons (Fsp3) is 0.556. The third-order valence-corrected chi connectivity index (χ3v) is 7.49. The molecule has 2 aromatic rings. The fourth-order valence-electron chi connectivity index (χ4n) is 2.92. The molecule has 154 valence electrons. The molecule has 0 spiro atoms. The number of sulfonamides is 1. The van der Waals surface area contributed by atoms with Gasteiger partial charge in [0.2, 0.25) is 10.0 Å². The number of aromatic nitrogens is 2. The zero-order valence-electron chi connectivity index (χ0n) is 16.6. The van der Waals surface area contributed by atoms with Crippen LogP contribution in [0.25, 0.3) is 10.7 Å². The molecule has 1 aliphatic rings. The summed E-state index contributed by atoms with van der Waals surface area (Å²) in [6.45, 7) is 7.78. The second-order valence-corrected chi connectivity index (χ2v) is 9.65. The van der Waals surface area contributed by atoms with Gasteiger partial charge >= 0.3 is 0 Å². The van der Waals surface area contributed by atoms with Gasteiger partial charge in [-0.25, -0.2) is 18.1 Å². The van der Waals surface area contributed by atoms with E-state index in [0.717, 1.165) is 0 Å². The highest BCUT2D eigenvalue weighted by molar-refractivity contribution is 7.89. The molecule has 3 heterocycles. The quantitative estimate of drug-likeness (QED) is 0.763. The van der Waals surface area contributed by atoms with E-state index in [1.165, 1.54) is 11.3 Å². The van der Waals surface area contributed by atoms with Gasteiger partial charge in [0.05, 0.1) is 24.6 Å². The molecule has 0 radical (unpaired) electrons. The lowest BCUT2D eigenvalue weighted by Gasteiger charge is -2.26. The van der Waals surface area contributed by atoms with Crippen molar-refractivity contribution in [1.29, 1.82) is 0 Å². The predicted octanol–water partition coefficient (Wildman–Crippen LogP) is 2.01. The Morgan fingerprint density at radius 1 is 1.39 bits per heavy atom. The fourth-order valence-corrected chi connectivity index (χ4v) is 5.41. The average Bonchev–Trinajstić information content (AvgIpc) is 3.24. The van der Waals surface area contributed by atoms with E-state index in [1.807, 2.05) is 13.8 Å². The second kappa shape index (κ2) is 8.32. The molecule has 0 aliphatic carbocycles. The largest absolute Gasteiger partial charge is 0.378 e. The highest BCUT2D eigenvalue weighted by Crippen LogP contribution is 2.31. The second-order valence-electron chi connectivity index (χ2n) is 6.94. The van der Waals surface area contributed by atoms with Crippen molar-refractivity contribution in [2.45, 2.75) is 38.1 Å². The van der Waals surface area contributed by atoms with Crippen molar-refractivity contribution < 1.29 is 17.9 Å². The number of morpholine rings is 1. The minimum absolute atomic E-state index is 0.0509. The van der Waals surface area contributed by atoms with Gasteiger partial charge in [-0.2, -0.15) is 0 Å². The summed E-state index contributed by atoms with van der Waals surface area (Å²) in [7, 11) is -1.83. The molecule has 1 amide bonds. The Labute approximate surface area is 169 Å². The molecule has 28 heavy (non-hydrogen) atoms. The highest BCUT2D eigenvalue weighted by Gasteiger charge is 2.25. The predicted molar refractivity (Wildman–Crippen MR) is 108 cm³/mol. The summed E-state index contributed by atoms with van der Waals surface area (Å²) >= 11 is 1.29. The minimum Gasteiger partial charge on any atom is -0.378 e. The summed E-state index contributed by atoms with van der Waals surface area (Å²) in [5.41, 5.74) is 1.32. The first-order valence-corrected chi connectivity index (χ1v) is 11.6. The van der Waals surface area contributed by atoms with Crippen molar-refractivity contribution in [3.05, 3.63) is 22.8 Å². The molecule has 1 unspecified atom stereocenters. The standard InChI is InChI=1S/C18H26N4O4S2/c1-5-12(2)20-28(24,25)14-10-15(21(4)11-14)17-19-13(3)16(27-17)18(23)22-6-8-26-9-7-22/h10-12,20H,5-9H2,1-4H3. The molecular formula is C18H26N4O4S2. The van der Waals surface area contributed by atoms with Gasteiger partial charge in [0.15, 0.2) is 0 Å². The Hall–Kier alpha value is -1.75. The molecule has 1 atom stereocenters. The van der Waals surface area contributed by atoms with Crippen LogP contribution in [0.15, 0.2) is 17.2 Å². The van der Waals surface area contributed by atoms with Crippen molar-refractivity contribution >= 4 is 27.3 Å². The zero-order chi connectivity index (χ0) is 20.5. The molecule has 2 aromatic heterocycles. The Kier molecular flexibility index (Phi) is 6.23. The van der Waals surface area contributed by atoms with Crippen molar-refractivity contribution in [2.75, 3.05) is 26.3 Å². The number of thiazole rings is 1. The number of nitrogens with zero attached hydrogens (tertiary/aromatic N) is 3. The monoisotopic (exact) mass is 426 g/mol. The number of carbonyl (C=O) groups excluding carboxylic acids is 1. The SMILES string of the molecule is CCC(C)NS(=O)(=O)c1cc(-c2nc(C)c(C(=O)N3CCOCC3)s2)n(C)c1. The van der Waals surface area contributed by atoms with Gasteiger partial charge in [-0.3, -0.25) is 4.79 Å². The maximum absolute atomic E-state index is 12.8. The van der Waals surface area contributed by atoms with E-state index in [4.69, 9.17) is 4.74 Å². The van der Waals surface area contributed by atoms with E-state index in [-0.39, 0.29) is 16.8 Å². The lowest BCUT2D eigenvalue weighted by atomic mass is 10.3. The number of hydrogen-bond donors (Lipinski definition) is 1. The van der Waals surface area contributed by atoms with Gasteiger partial charge in [0, 0.05) is 32.4 Å². The minimum atomic E-state index is -3.60. The zero-order valence-corrected chi connectivity index (χ0v) is 18.2. The van der Waals surface area contributed by atoms with Gasteiger partial charge in [0.1, 0.15) is 14.8 Å². The third kappa shape index (κ3) is 4.29. The van der Waals surface area contributed by atoms with Crippen LogP contribution in [0, 0.1) is 6.92 Å². The van der Waals surface area contributed by atoms with Crippen LogP contribution in [0.4, 0.5) is 0 Å². The van der Waals surface area contributed by atoms with E-state index >= 15 is 0 Å². The summed E-state index contributed by atoms with van der Waals surface area (Å²) < 4.78 is 34.8. The van der Waals surface area contributed by atoms with E-state index in [2.05, 4.69) is 9.71 Å². The van der Waals surface area contributed by atoms with E-state index in [9.17, 15) is 13.2 Å². The molecular weight excluding hydrogens is 400 g/mol. The van der Waals surface area contributed by atoms with Gasteiger partial charge in [-0.15, -0.1) is 11.3 Å². The smallest absolute Gasteiger partial charge is 0.266 e. The maximum Gasteiger partial charge on any atom is 0.266 e. The summed E-state index contributed by atoms with van der Waals surface area (Å²) in [4.78, 5) is 19.9. The van der Waals surface area contributed by atoms with Crippen LogP contribution in [0.1, 0.15) is 35.6 Å². The molecule has 1 fully saturated rings. The summed E-state index contributed by atoms with van der Waals surface area (Å²) in [6, 6.07) is 1.46. The molecule has 1 N–H and O–H groups in total. The van der Waals surface area contributed by atoms with E-state index < -0.39 is 10.0 Å². The van der Waals surface area contributed by atoms with Gasteiger partial charge < -0.3 is 14.2 Å². The molecule has 0 aromatic carbocycles. The number of ether oxygens (including phenoxy) is 1. The lowest BCUT2D eigenvalue weighted by Crippen LogP contribution is -2.40. The highest BCUT2D eigenvalue weighted by atomic mass is 32.2. The van der Waals surface area contributed by atoms with E-state index in [1.54, 1.807) is 35.7 Å². The first-order valence-electron chi connectivity index (χ1n) is 9.26. The third-order valence-electron chi connectivity index (χ3n) is 4.77. The normalized spacial score (nSPS) is 16.4. The number of amides is 1. The van der Waals surface area contributed by atoms with Gasteiger partial charge in [-0.1, -0.05) is 6.92 Å². The van der Waals surface area contributed by atoms with Gasteiger partial charge in [0.25, 0.3) is 5.91 Å². The van der Waals surface area contributed by atoms with Crippen LogP contribution in [0.2, 0.25) is 0 Å². The van der Waals surface area contributed by atoms with E-state index in [0.29, 0.717) is 54.0 Å². The molecule has 1 saturated heterocycles. The van der Waals surface area contributed by atoms with Crippen molar-refractivity contribution in [2.24, 2.45) is 7.05 Å². The summed E-state index contributed by atoms with van der Waals surface area (Å²) in [5, 5.41) is 0.626. The Bertz CT molecular complexity index is 958. The average molecular weight is 427 g/mol. The molecule has 8 nitrogen and oxygen atoms in total. The van der Waals surface area contributed by atoms with Crippen LogP contribution < -0.4 is 4.72 Å². The van der Waals surface area contributed by atoms with Crippen molar-refractivity contribution in [1.82, 2.24) is 19.2 Å². The van der Waals surface area contributed by atoms with Crippen LogP contribution in [-0.4, -0.2) is 61.1 Å². The first kappa shape index (κ1) is 21.0. The summed E-state index contributed by atoms with van der Waals surface area (Å²) in [5.74, 6) is -0.0509. The van der Waals surface area contributed by atoms with Crippen LogP contribution in [0.5, 0.6) is 0 Å². The number of hydrogen-bond acceptors (Lipinski definition) is 6. The maximum atomic E-state index is 12.8. The van der Waals surface area contributed by atoms with Crippen LogP contribution in [0.3, 0.4) is 0 Å². The number of carbonyl (C=O) groups is 1. The van der Waals surface area contributed by atoms with Crippen molar-refractivity contribution in [3.8, 4) is 10.7 Å². The van der Waals surface area contributed by atoms with Crippen molar-refractivity contribution in [3.63, 3.8) is 0 Å². The summed E-state index contributed by atoms with van der Waals surface area (Å²) in [6.07, 6.45) is 2.28. The van der Waals surface area contributed by atoms with Crippen LogP contribution in [-0.2, 0) is 21.8 Å². The first-order chi connectivity index (χ1) is 13.2. The van der Waals surface area contributed by atoms with Crippen LogP contribution >= 0.6 is 11.3 Å². The number of nitrogens with one attached hydrogen (secondary N) is 1. The number of rotatable bonds is 6.